The van der Waals surface area contributed by atoms with Crippen molar-refractivity contribution in [2.24, 2.45) is 11.3 Å². The smallest absolute Gasteiger partial charge is 0.0336 e. The summed E-state index contributed by atoms with van der Waals surface area (Å²) in [5, 5.41) is 0.456. The van der Waals surface area contributed by atoms with Crippen molar-refractivity contribution in [1.82, 2.24) is 0 Å². The maximum Gasteiger partial charge on any atom is 0.0336 e. The highest BCUT2D eigenvalue weighted by atomic mass is 35.5. The van der Waals surface area contributed by atoms with Crippen LogP contribution in [0.3, 0.4) is 0 Å². The second kappa shape index (κ2) is 4.00. The highest BCUT2D eigenvalue weighted by molar-refractivity contribution is 6.20. The molecule has 2 atom stereocenters. The van der Waals surface area contributed by atoms with Crippen LogP contribution in [0.2, 0.25) is 0 Å². The van der Waals surface area contributed by atoms with Crippen molar-refractivity contribution in [3.63, 3.8) is 0 Å². The summed E-state index contributed by atoms with van der Waals surface area (Å²) < 4.78 is 0. The molecule has 0 aromatic rings. The molecule has 0 amide bonds. The topological polar surface area (TPSA) is 0 Å². The number of hydrogen-bond acceptors (Lipinski definition) is 0. The highest BCUT2D eigenvalue weighted by Crippen LogP contribution is 2.37. The van der Waals surface area contributed by atoms with E-state index in [0.717, 1.165) is 5.92 Å². The third-order valence-corrected chi connectivity index (χ3v) is 3.56. The molecule has 1 aliphatic carbocycles. The van der Waals surface area contributed by atoms with Crippen LogP contribution in [0, 0.1) is 11.3 Å². The van der Waals surface area contributed by atoms with Gasteiger partial charge in [-0.2, -0.15) is 0 Å². The largest absolute Gasteiger partial charge is 0.123 e. The van der Waals surface area contributed by atoms with Gasteiger partial charge in [-0.1, -0.05) is 27.2 Å². The monoisotopic (exact) mass is 188 g/mol. The van der Waals surface area contributed by atoms with E-state index in [0.29, 0.717) is 10.8 Å². The van der Waals surface area contributed by atoms with Gasteiger partial charge < -0.3 is 0 Å². The molecule has 1 aliphatic rings. The summed E-state index contributed by atoms with van der Waals surface area (Å²) in [5.74, 6) is 0.890. The lowest BCUT2D eigenvalue weighted by molar-refractivity contribution is 0.215. The predicted octanol–water partition coefficient (Wildman–Crippen LogP) is 4.22. The molecule has 1 fully saturated rings. The molecule has 72 valence electrons. The Balaban J connectivity index is 2.46. The van der Waals surface area contributed by atoms with E-state index in [-0.39, 0.29) is 0 Å². The van der Waals surface area contributed by atoms with E-state index < -0.39 is 0 Å². The van der Waals surface area contributed by atoms with E-state index >= 15 is 0 Å². The van der Waals surface area contributed by atoms with Crippen LogP contribution in [0.4, 0.5) is 0 Å². The standard InChI is InChI=1S/C11H21Cl/c1-11(2,3)9-5-4-6-10(12)8-7-9/h9-10H,4-8H2,1-3H3. The van der Waals surface area contributed by atoms with Crippen molar-refractivity contribution >= 4 is 11.6 Å². The van der Waals surface area contributed by atoms with Gasteiger partial charge in [0.2, 0.25) is 0 Å². The highest BCUT2D eigenvalue weighted by Gasteiger charge is 2.26. The molecule has 0 aromatic carbocycles. The van der Waals surface area contributed by atoms with Crippen LogP contribution in [0.5, 0.6) is 0 Å². The Morgan fingerprint density at radius 1 is 1.00 bits per heavy atom. The zero-order valence-electron chi connectivity index (χ0n) is 8.57. The zero-order valence-corrected chi connectivity index (χ0v) is 9.32. The summed E-state index contributed by atoms with van der Waals surface area (Å²) in [7, 11) is 0. The van der Waals surface area contributed by atoms with Crippen LogP contribution in [0.1, 0.15) is 52.9 Å². The molecule has 0 saturated heterocycles. The molecule has 1 heteroatoms. The first-order valence-corrected chi connectivity index (χ1v) is 5.58. The van der Waals surface area contributed by atoms with Gasteiger partial charge in [0.15, 0.2) is 0 Å². The van der Waals surface area contributed by atoms with Crippen molar-refractivity contribution < 1.29 is 0 Å². The van der Waals surface area contributed by atoms with Gasteiger partial charge in [-0.25, -0.2) is 0 Å². The summed E-state index contributed by atoms with van der Waals surface area (Å²) in [4.78, 5) is 0. The molecule has 1 saturated carbocycles. The molecule has 0 heterocycles. The minimum absolute atomic E-state index is 0.456. The minimum Gasteiger partial charge on any atom is -0.123 e. The van der Waals surface area contributed by atoms with Gasteiger partial charge >= 0.3 is 0 Å². The van der Waals surface area contributed by atoms with Crippen molar-refractivity contribution in [1.29, 1.82) is 0 Å². The van der Waals surface area contributed by atoms with Gasteiger partial charge in [0.1, 0.15) is 0 Å². The van der Waals surface area contributed by atoms with Gasteiger partial charge in [0.05, 0.1) is 0 Å². The molecule has 0 radical (unpaired) electrons. The Bertz CT molecular complexity index is 134. The lowest BCUT2D eigenvalue weighted by Gasteiger charge is -2.29. The fourth-order valence-corrected chi connectivity index (χ4v) is 2.40. The van der Waals surface area contributed by atoms with Gasteiger partial charge in [0, 0.05) is 5.38 Å². The second-order valence-electron chi connectivity index (χ2n) is 5.17. The molecular weight excluding hydrogens is 168 g/mol. The first-order chi connectivity index (χ1) is 5.50. The van der Waals surface area contributed by atoms with Crippen LogP contribution in [-0.2, 0) is 0 Å². The molecule has 0 spiro atoms. The van der Waals surface area contributed by atoms with E-state index in [2.05, 4.69) is 20.8 Å². The minimum atomic E-state index is 0.456. The molecular formula is C11H21Cl. The van der Waals surface area contributed by atoms with Crippen molar-refractivity contribution in [2.75, 3.05) is 0 Å². The van der Waals surface area contributed by atoms with Crippen LogP contribution in [-0.4, -0.2) is 5.38 Å². The molecule has 0 nitrogen and oxygen atoms in total. The fraction of sp³-hybridized carbons (Fsp3) is 1.00. The second-order valence-corrected chi connectivity index (χ2v) is 5.79. The lowest BCUT2D eigenvalue weighted by atomic mass is 9.76. The summed E-state index contributed by atoms with van der Waals surface area (Å²) >= 11 is 6.14. The number of alkyl halides is 1. The van der Waals surface area contributed by atoms with E-state index in [1.807, 2.05) is 0 Å². The van der Waals surface area contributed by atoms with Crippen molar-refractivity contribution in [2.45, 2.75) is 58.3 Å². The van der Waals surface area contributed by atoms with E-state index in [9.17, 15) is 0 Å². The average Bonchev–Trinajstić information content (AvgIpc) is 2.11. The first-order valence-electron chi connectivity index (χ1n) is 5.14. The van der Waals surface area contributed by atoms with Crippen LogP contribution >= 0.6 is 11.6 Å². The molecule has 0 aliphatic heterocycles. The Kier molecular flexibility index (Phi) is 3.46. The molecule has 0 bridgehead atoms. The molecule has 0 aromatic heterocycles. The quantitative estimate of drug-likeness (QED) is 0.395. The van der Waals surface area contributed by atoms with Crippen LogP contribution in [0.15, 0.2) is 0 Å². The third-order valence-electron chi connectivity index (χ3n) is 3.12. The normalized spacial score (nSPS) is 33.0. The number of hydrogen-bond donors (Lipinski definition) is 0. The Morgan fingerprint density at radius 3 is 2.25 bits per heavy atom. The average molecular weight is 189 g/mol. The Morgan fingerprint density at radius 2 is 1.67 bits per heavy atom. The van der Waals surface area contributed by atoms with Gasteiger partial charge in [-0.05, 0) is 37.0 Å². The third kappa shape index (κ3) is 2.97. The molecule has 12 heavy (non-hydrogen) atoms. The van der Waals surface area contributed by atoms with E-state index in [1.165, 1.54) is 32.1 Å². The number of halogens is 1. The molecule has 0 N–H and O–H groups in total. The maximum atomic E-state index is 6.14. The van der Waals surface area contributed by atoms with Gasteiger partial charge in [-0.15, -0.1) is 11.6 Å². The Labute approximate surface area is 81.7 Å². The van der Waals surface area contributed by atoms with Crippen LogP contribution < -0.4 is 0 Å². The summed E-state index contributed by atoms with van der Waals surface area (Å²) in [6, 6.07) is 0. The van der Waals surface area contributed by atoms with Gasteiger partial charge in [-0.3, -0.25) is 0 Å². The zero-order chi connectivity index (χ0) is 9.19. The number of rotatable bonds is 0. The van der Waals surface area contributed by atoms with Crippen molar-refractivity contribution in [3.8, 4) is 0 Å². The lowest BCUT2D eigenvalue weighted by Crippen LogP contribution is -2.19. The SMILES string of the molecule is CC(C)(C)C1CCCC(Cl)CC1. The fourth-order valence-electron chi connectivity index (χ4n) is 2.12. The molecule has 2 unspecified atom stereocenters. The summed E-state index contributed by atoms with van der Waals surface area (Å²) in [5.41, 5.74) is 0.487. The van der Waals surface area contributed by atoms with Crippen molar-refractivity contribution in [3.05, 3.63) is 0 Å². The van der Waals surface area contributed by atoms with Gasteiger partial charge in [0.25, 0.3) is 0 Å². The van der Waals surface area contributed by atoms with E-state index in [1.54, 1.807) is 0 Å². The van der Waals surface area contributed by atoms with E-state index in [4.69, 9.17) is 11.6 Å². The Hall–Kier alpha value is 0.290. The molecule has 1 rings (SSSR count). The van der Waals surface area contributed by atoms with Crippen LogP contribution in [0.25, 0.3) is 0 Å². The summed E-state index contributed by atoms with van der Waals surface area (Å²) in [6.07, 6.45) is 6.50. The maximum absolute atomic E-state index is 6.14. The predicted molar refractivity (Wildman–Crippen MR) is 55.7 cm³/mol. The first kappa shape index (κ1) is 10.4. The summed E-state index contributed by atoms with van der Waals surface area (Å²) in [6.45, 7) is 7.06.